The fourth-order valence-corrected chi connectivity index (χ4v) is 3.35. The molecule has 0 atom stereocenters. The molecular formula is C18H15F2N3O4S. The summed E-state index contributed by atoms with van der Waals surface area (Å²) in [5.74, 6) is -2.69. The van der Waals surface area contributed by atoms with Crippen LogP contribution in [-0.4, -0.2) is 29.8 Å². The maximum atomic E-state index is 13.6. The van der Waals surface area contributed by atoms with Gasteiger partial charge in [0.05, 0.1) is 15.7 Å². The van der Waals surface area contributed by atoms with E-state index in [1.807, 2.05) is 0 Å². The highest BCUT2D eigenvalue weighted by Crippen LogP contribution is 2.24. The maximum absolute atomic E-state index is 13.6. The van der Waals surface area contributed by atoms with Crippen LogP contribution in [0.25, 0.3) is 11.5 Å². The zero-order valence-corrected chi connectivity index (χ0v) is 15.6. The van der Waals surface area contributed by atoms with Crippen LogP contribution in [0.5, 0.6) is 0 Å². The average Bonchev–Trinajstić information content (AvgIpc) is 3.10. The Morgan fingerprint density at radius 1 is 1.07 bits per heavy atom. The van der Waals surface area contributed by atoms with Gasteiger partial charge in [0.2, 0.25) is 5.89 Å². The highest BCUT2D eigenvalue weighted by molar-refractivity contribution is 7.92. The summed E-state index contributed by atoms with van der Waals surface area (Å²) in [6, 6.07) is 8.06. The average molecular weight is 407 g/mol. The van der Waals surface area contributed by atoms with Crippen molar-refractivity contribution in [1.29, 1.82) is 0 Å². The fourth-order valence-electron chi connectivity index (χ4n) is 2.29. The van der Waals surface area contributed by atoms with Gasteiger partial charge in [0.25, 0.3) is 5.91 Å². The number of halogens is 2. The number of anilines is 1. The number of carbonyl (C=O) groups is 1. The predicted molar refractivity (Wildman–Crippen MR) is 96.4 cm³/mol. The number of aromatic nitrogens is 2. The standard InChI is InChI=1S/C18H15F2N3O4S/c1-10(2)28(25,26)13-6-3-11(4-7-13)17-22-23-18(27-17)21-16(24)14-8-5-12(19)9-15(14)20/h3-10H,1-2H3,(H,21,23,24). The van der Waals surface area contributed by atoms with Crippen molar-refractivity contribution in [2.75, 3.05) is 5.32 Å². The number of benzene rings is 2. The van der Waals surface area contributed by atoms with Crippen molar-refractivity contribution in [3.63, 3.8) is 0 Å². The minimum Gasteiger partial charge on any atom is -0.403 e. The summed E-state index contributed by atoms with van der Waals surface area (Å²) in [4.78, 5) is 12.2. The van der Waals surface area contributed by atoms with E-state index in [2.05, 4.69) is 15.5 Å². The van der Waals surface area contributed by atoms with Crippen molar-refractivity contribution in [3.8, 4) is 11.5 Å². The molecule has 0 aliphatic rings. The molecule has 0 aliphatic carbocycles. The molecule has 10 heteroatoms. The van der Waals surface area contributed by atoms with Gasteiger partial charge < -0.3 is 4.42 Å². The third-order valence-electron chi connectivity index (χ3n) is 3.87. The highest BCUT2D eigenvalue weighted by Gasteiger charge is 2.20. The van der Waals surface area contributed by atoms with Gasteiger partial charge >= 0.3 is 6.01 Å². The van der Waals surface area contributed by atoms with Crippen LogP contribution in [-0.2, 0) is 9.84 Å². The lowest BCUT2D eigenvalue weighted by Crippen LogP contribution is -2.14. The lowest BCUT2D eigenvalue weighted by molar-refractivity contribution is 0.102. The van der Waals surface area contributed by atoms with Gasteiger partial charge in [-0.1, -0.05) is 5.10 Å². The van der Waals surface area contributed by atoms with Gasteiger partial charge in [0.15, 0.2) is 9.84 Å². The van der Waals surface area contributed by atoms with Crippen molar-refractivity contribution in [1.82, 2.24) is 10.2 Å². The van der Waals surface area contributed by atoms with Gasteiger partial charge in [0, 0.05) is 11.6 Å². The summed E-state index contributed by atoms with van der Waals surface area (Å²) in [7, 11) is -3.41. The molecule has 0 aliphatic heterocycles. The van der Waals surface area contributed by atoms with Gasteiger partial charge in [-0.05, 0) is 50.2 Å². The van der Waals surface area contributed by atoms with Crippen molar-refractivity contribution in [2.24, 2.45) is 0 Å². The van der Waals surface area contributed by atoms with Crippen LogP contribution in [0.3, 0.4) is 0 Å². The highest BCUT2D eigenvalue weighted by atomic mass is 32.2. The van der Waals surface area contributed by atoms with Gasteiger partial charge in [-0.25, -0.2) is 17.2 Å². The minimum atomic E-state index is -3.41. The first kappa shape index (κ1) is 19.6. The number of amides is 1. The monoisotopic (exact) mass is 407 g/mol. The molecule has 0 fully saturated rings. The molecule has 1 N–H and O–H groups in total. The molecule has 1 aromatic heterocycles. The number of nitrogens with one attached hydrogen (secondary N) is 1. The summed E-state index contributed by atoms with van der Waals surface area (Å²) in [6.07, 6.45) is 0. The van der Waals surface area contributed by atoms with Crippen LogP contribution in [0.2, 0.25) is 0 Å². The molecular weight excluding hydrogens is 392 g/mol. The van der Waals surface area contributed by atoms with E-state index >= 15 is 0 Å². The quantitative estimate of drug-likeness (QED) is 0.695. The zero-order chi connectivity index (χ0) is 20.5. The lowest BCUT2D eigenvalue weighted by atomic mass is 10.2. The number of nitrogens with zero attached hydrogens (tertiary/aromatic N) is 2. The summed E-state index contributed by atoms with van der Waals surface area (Å²) in [6.45, 7) is 3.17. The normalized spacial score (nSPS) is 11.6. The first-order chi connectivity index (χ1) is 13.2. The van der Waals surface area contributed by atoms with E-state index < -0.39 is 32.6 Å². The van der Waals surface area contributed by atoms with Crippen molar-refractivity contribution < 1.29 is 26.4 Å². The molecule has 1 heterocycles. The topological polar surface area (TPSA) is 102 Å². The fraction of sp³-hybridized carbons (Fsp3) is 0.167. The van der Waals surface area contributed by atoms with Crippen LogP contribution in [0.15, 0.2) is 51.8 Å². The minimum absolute atomic E-state index is 0.0309. The second-order valence-corrected chi connectivity index (χ2v) is 8.61. The number of rotatable bonds is 5. The Bertz CT molecular complexity index is 1130. The lowest BCUT2D eigenvalue weighted by Gasteiger charge is -2.07. The molecule has 0 saturated carbocycles. The number of hydrogen-bond acceptors (Lipinski definition) is 6. The summed E-state index contributed by atoms with van der Waals surface area (Å²) < 4.78 is 56.1. The Balaban J connectivity index is 1.78. The van der Waals surface area contributed by atoms with Crippen molar-refractivity contribution in [3.05, 3.63) is 59.7 Å². The van der Waals surface area contributed by atoms with E-state index in [1.54, 1.807) is 13.8 Å². The number of carbonyl (C=O) groups excluding carboxylic acids is 1. The summed E-state index contributed by atoms with van der Waals surface area (Å²) in [5, 5.41) is 9.07. The molecule has 0 radical (unpaired) electrons. The van der Waals surface area contributed by atoms with Crippen LogP contribution >= 0.6 is 0 Å². The predicted octanol–water partition coefficient (Wildman–Crippen LogP) is 3.45. The molecule has 0 saturated heterocycles. The molecule has 1 amide bonds. The Hall–Kier alpha value is -3.14. The van der Waals surface area contributed by atoms with Gasteiger partial charge in [-0.3, -0.25) is 10.1 Å². The smallest absolute Gasteiger partial charge is 0.322 e. The van der Waals surface area contributed by atoms with Crippen LogP contribution < -0.4 is 5.32 Å². The van der Waals surface area contributed by atoms with Gasteiger partial charge in [-0.15, -0.1) is 5.10 Å². The van der Waals surface area contributed by atoms with E-state index in [9.17, 15) is 22.0 Å². The van der Waals surface area contributed by atoms with Gasteiger partial charge in [-0.2, -0.15) is 0 Å². The molecule has 0 unspecified atom stereocenters. The summed E-state index contributed by atoms with van der Waals surface area (Å²) in [5.41, 5.74) is 0.0491. The van der Waals surface area contributed by atoms with Crippen molar-refractivity contribution in [2.45, 2.75) is 24.0 Å². The van der Waals surface area contributed by atoms with Gasteiger partial charge in [0.1, 0.15) is 11.6 Å². The van der Waals surface area contributed by atoms with Crippen LogP contribution in [0.1, 0.15) is 24.2 Å². The van der Waals surface area contributed by atoms with Crippen LogP contribution in [0.4, 0.5) is 14.8 Å². The zero-order valence-electron chi connectivity index (χ0n) is 14.8. The van der Waals surface area contributed by atoms with Crippen LogP contribution in [0, 0.1) is 11.6 Å². The molecule has 0 spiro atoms. The Morgan fingerprint density at radius 3 is 2.36 bits per heavy atom. The first-order valence-corrected chi connectivity index (χ1v) is 9.67. The Morgan fingerprint density at radius 2 is 1.75 bits per heavy atom. The molecule has 3 rings (SSSR count). The Kier molecular flexibility index (Phi) is 5.23. The molecule has 3 aromatic rings. The third kappa shape index (κ3) is 3.91. The SMILES string of the molecule is CC(C)S(=O)(=O)c1ccc(-c2nnc(NC(=O)c3ccc(F)cc3F)o2)cc1. The van der Waals surface area contributed by atoms with E-state index in [0.29, 0.717) is 11.6 Å². The molecule has 2 aromatic carbocycles. The molecule has 7 nitrogen and oxygen atoms in total. The molecule has 146 valence electrons. The second-order valence-electron chi connectivity index (χ2n) is 6.11. The van der Waals surface area contributed by atoms with Crippen molar-refractivity contribution >= 4 is 21.8 Å². The second kappa shape index (κ2) is 7.47. The van der Waals surface area contributed by atoms with E-state index in [4.69, 9.17) is 4.42 Å². The first-order valence-electron chi connectivity index (χ1n) is 8.12. The van der Waals surface area contributed by atoms with E-state index in [-0.39, 0.29) is 22.4 Å². The maximum Gasteiger partial charge on any atom is 0.322 e. The van der Waals surface area contributed by atoms with E-state index in [0.717, 1.165) is 12.1 Å². The molecule has 0 bridgehead atoms. The summed E-state index contributed by atoms with van der Waals surface area (Å²) >= 11 is 0. The Labute approximate surface area is 159 Å². The third-order valence-corrected chi connectivity index (χ3v) is 6.04. The van der Waals surface area contributed by atoms with E-state index in [1.165, 1.54) is 24.3 Å². The number of sulfone groups is 1. The molecule has 28 heavy (non-hydrogen) atoms. The number of hydrogen-bond donors (Lipinski definition) is 1. The largest absolute Gasteiger partial charge is 0.403 e.